The van der Waals surface area contributed by atoms with Gasteiger partial charge in [0.05, 0.1) is 0 Å². The summed E-state index contributed by atoms with van der Waals surface area (Å²) in [5.74, 6) is 0.317. The average Bonchev–Trinajstić information content (AvgIpc) is 2.59. The van der Waals surface area contributed by atoms with Crippen LogP contribution < -0.4 is 15.4 Å². The summed E-state index contributed by atoms with van der Waals surface area (Å²) in [6.07, 6.45) is 1.28. The summed E-state index contributed by atoms with van der Waals surface area (Å²) < 4.78 is 5.53. The number of rotatable bonds is 7. The Labute approximate surface area is 158 Å². The van der Waals surface area contributed by atoms with Crippen molar-refractivity contribution in [1.29, 1.82) is 0 Å². The van der Waals surface area contributed by atoms with Gasteiger partial charge < -0.3 is 15.4 Å². The first kappa shape index (κ1) is 19.8. The van der Waals surface area contributed by atoms with Gasteiger partial charge >= 0.3 is 0 Å². The van der Waals surface area contributed by atoms with Crippen molar-refractivity contribution in [3.8, 4) is 5.75 Å². The van der Waals surface area contributed by atoms with Gasteiger partial charge in [0.25, 0.3) is 5.91 Å². The van der Waals surface area contributed by atoms with Crippen molar-refractivity contribution in [2.45, 2.75) is 33.6 Å². The van der Waals surface area contributed by atoms with E-state index in [1.165, 1.54) is 0 Å². The van der Waals surface area contributed by atoms with Crippen LogP contribution in [0.15, 0.2) is 36.4 Å². The summed E-state index contributed by atoms with van der Waals surface area (Å²) in [5.41, 5.74) is 3.14. The lowest BCUT2D eigenvalue weighted by molar-refractivity contribution is -0.118. The largest absolute Gasteiger partial charge is 0.484 e. The fraction of sp³-hybridized carbons (Fsp3) is 0.300. The third-order valence-corrected chi connectivity index (χ3v) is 4.31. The highest BCUT2D eigenvalue weighted by Gasteiger charge is 2.07. The van der Waals surface area contributed by atoms with E-state index in [1.54, 1.807) is 36.4 Å². The minimum absolute atomic E-state index is 0.0220. The predicted molar refractivity (Wildman–Crippen MR) is 105 cm³/mol. The summed E-state index contributed by atoms with van der Waals surface area (Å²) in [7, 11) is 0. The highest BCUT2D eigenvalue weighted by Crippen LogP contribution is 2.25. The van der Waals surface area contributed by atoms with Gasteiger partial charge in [-0.2, -0.15) is 0 Å². The van der Waals surface area contributed by atoms with Crippen LogP contribution in [0.3, 0.4) is 0 Å². The second-order valence-corrected chi connectivity index (χ2v) is 6.46. The molecule has 0 spiro atoms. The summed E-state index contributed by atoms with van der Waals surface area (Å²) in [6, 6.07) is 10.6. The predicted octanol–water partition coefficient (Wildman–Crippen LogP) is 4.71. The van der Waals surface area contributed by atoms with Crippen LogP contribution in [0, 0.1) is 13.8 Å². The number of benzene rings is 2. The van der Waals surface area contributed by atoms with Gasteiger partial charge in [0.15, 0.2) is 6.61 Å². The summed E-state index contributed by atoms with van der Waals surface area (Å²) in [5, 5.41) is 6.26. The molecular formula is C20H23ClN2O3. The van der Waals surface area contributed by atoms with Crippen LogP contribution in [0.1, 0.15) is 30.9 Å². The van der Waals surface area contributed by atoms with Crippen LogP contribution in [-0.4, -0.2) is 18.4 Å². The molecule has 0 atom stereocenters. The molecule has 0 unspecified atom stereocenters. The third-order valence-electron chi connectivity index (χ3n) is 3.71. The van der Waals surface area contributed by atoms with Crippen LogP contribution in [0.25, 0.3) is 0 Å². The van der Waals surface area contributed by atoms with Crippen LogP contribution in [0.4, 0.5) is 11.4 Å². The molecular weight excluding hydrogens is 352 g/mol. The molecule has 0 aliphatic carbocycles. The summed E-state index contributed by atoms with van der Waals surface area (Å²) in [4.78, 5) is 23.6. The van der Waals surface area contributed by atoms with Crippen molar-refractivity contribution in [2.75, 3.05) is 17.2 Å². The van der Waals surface area contributed by atoms with Crippen molar-refractivity contribution in [3.63, 3.8) is 0 Å². The minimum atomic E-state index is -0.266. The molecule has 2 N–H and O–H groups in total. The maximum atomic E-state index is 12.0. The molecule has 5 nitrogen and oxygen atoms in total. The molecule has 0 bridgehead atoms. The Bertz CT molecular complexity index is 765. The number of nitrogens with one attached hydrogen (secondary N) is 2. The first-order chi connectivity index (χ1) is 12.4. The number of amides is 2. The van der Waals surface area contributed by atoms with Crippen molar-refractivity contribution in [2.24, 2.45) is 0 Å². The van der Waals surface area contributed by atoms with Crippen molar-refractivity contribution in [3.05, 3.63) is 52.5 Å². The lowest BCUT2D eigenvalue weighted by atomic mass is 10.1. The molecule has 138 valence electrons. The molecule has 0 saturated heterocycles. The summed E-state index contributed by atoms with van der Waals surface area (Å²) >= 11 is 6.12. The summed E-state index contributed by atoms with van der Waals surface area (Å²) in [6.45, 7) is 5.63. The zero-order valence-electron chi connectivity index (χ0n) is 15.2. The van der Waals surface area contributed by atoms with E-state index in [2.05, 4.69) is 10.6 Å². The quantitative estimate of drug-likeness (QED) is 0.737. The third kappa shape index (κ3) is 5.77. The first-order valence-electron chi connectivity index (χ1n) is 8.48. The smallest absolute Gasteiger partial charge is 0.262 e. The molecule has 2 aromatic rings. The fourth-order valence-electron chi connectivity index (χ4n) is 2.42. The maximum absolute atomic E-state index is 12.0. The molecule has 6 heteroatoms. The Kier molecular flexibility index (Phi) is 7.04. The molecule has 2 aromatic carbocycles. The molecule has 0 heterocycles. The Morgan fingerprint density at radius 1 is 0.962 bits per heavy atom. The zero-order chi connectivity index (χ0) is 19.1. The van der Waals surface area contributed by atoms with Crippen LogP contribution >= 0.6 is 11.6 Å². The Hall–Kier alpha value is -2.53. The number of hydrogen-bond acceptors (Lipinski definition) is 3. The number of anilines is 2. The van der Waals surface area contributed by atoms with Crippen LogP contribution in [0.5, 0.6) is 5.75 Å². The highest BCUT2D eigenvalue weighted by atomic mass is 35.5. The van der Waals surface area contributed by atoms with E-state index in [0.29, 0.717) is 28.6 Å². The van der Waals surface area contributed by atoms with E-state index in [-0.39, 0.29) is 18.4 Å². The van der Waals surface area contributed by atoms with Gasteiger partial charge in [0.2, 0.25) is 5.91 Å². The Balaban J connectivity index is 1.87. The van der Waals surface area contributed by atoms with Crippen molar-refractivity contribution >= 4 is 34.8 Å². The van der Waals surface area contributed by atoms with Gasteiger partial charge in [-0.3, -0.25) is 9.59 Å². The molecule has 26 heavy (non-hydrogen) atoms. The number of ether oxygens (including phenoxy) is 1. The van der Waals surface area contributed by atoms with Crippen LogP contribution in [-0.2, 0) is 9.59 Å². The molecule has 0 aromatic heterocycles. The highest BCUT2D eigenvalue weighted by molar-refractivity contribution is 6.32. The van der Waals surface area contributed by atoms with Crippen LogP contribution in [0.2, 0.25) is 5.02 Å². The number of halogens is 1. The second-order valence-electron chi connectivity index (χ2n) is 6.08. The van der Waals surface area contributed by atoms with Gasteiger partial charge in [-0.25, -0.2) is 0 Å². The number of carbonyl (C=O) groups is 2. The van der Waals surface area contributed by atoms with E-state index in [1.807, 2.05) is 20.8 Å². The maximum Gasteiger partial charge on any atom is 0.262 e. The topological polar surface area (TPSA) is 67.4 Å². The zero-order valence-corrected chi connectivity index (χ0v) is 15.9. The lowest BCUT2D eigenvalue weighted by Crippen LogP contribution is -2.20. The molecule has 0 aliphatic rings. The van der Waals surface area contributed by atoms with E-state index in [0.717, 1.165) is 17.5 Å². The van der Waals surface area contributed by atoms with Gasteiger partial charge in [0.1, 0.15) is 5.75 Å². The average molecular weight is 375 g/mol. The van der Waals surface area contributed by atoms with E-state index in [9.17, 15) is 9.59 Å². The minimum Gasteiger partial charge on any atom is -0.484 e. The van der Waals surface area contributed by atoms with Gasteiger partial charge in [0, 0.05) is 22.8 Å². The first-order valence-corrected chi connectivity index (χ1v) is 8.86. The fourth-order valence-corrected chi connectivity index (χ4v) is 2.53. The van der Waals surface area contributed by atoms with Crippen molar-refractivity contribution < 1.29 is 14.3 Å². The monoisotopic (exact) mass is 374 g/mol. The lowest BCUT2D eigenvalue weighted by Gasteiger charge is -2.11. The SMILES string of the molecule is CCCC(=O)Nc1ccc(NC(=O)COc2cc(C)c(Cl)c(C)c2)cc1. The van der Waals surface area contributed by atoms with E-state index < -0.39 is 0 Å². The van der Waals surface area contributed by atoms with E-state index >= 15 is 0 Å². The number of carbonyl (C=O) groups excluding carboxylic acids is 2. The van der Waals surface area contributed by atoms with Gasteiger partial charge in [-0.05, 0) is 67.8 Å². The second kappa shape index (κ2) is 9.25. The van der Waals surface area contributed by atoms with Crippen molar-refractivity contribution in [1.82, 2.24) is 0 Å². The standard InChI is InChI=1S/C20H23ClN2O3/c1-4-5-18(24)22-15-6-8-16(9-7-15)23-19(25)12-26-17-10-13(2)20(21)14(3)11-17/h6-11H,4-5,12H2,1-3H3,(H,22,24)(H,23,25). The Morgan fingerprint density at radius 2 is 1.46 bits per heavy atom. The molecule has 2 amide bonds. The van der Waals surface area contributed by atoms with Gasteiger partial charge in [-0.15, -0.1) is 0 Å². The van der Waals surface area contributed by atoms with E-state index in [4.69, 9.17) is 16.3 Å². The molecule has 0 fully saturated rings. The molecule has 0 saturated carbocycles. The van der Waals surface area contributed by atoms with Gasteiger partial charge in [-0.1, -0.05) is 18.5 Å². The Morgan fingerprint density at radius 3 is 1.96 bits per heavy atom. The number of aryl methyl sites for hydroxylation is 2. The normalized spacial score (nSPS) is 10.3. The molecule has 2 rings (SSSR count). The molecule has 0 radical (unpaired) electrons. The molecule has 0 aliphatic heterocycles. The number of hydrogen-bond donors (Lipinski definition) is 2.